The minimum atomic E-state index is -3.94. The number of nitrogens with two attached hydrogens (primary N) is 1. The largest absolute Gasteiger partial charge is 0.379 e. The first kappa shape index (κ1) is 20.7. The Labute approximate surface area is 207 Å². The molecule has 0 saturated heterocycles. The van der Waals surface area contributed by atoms with Crippen LogP contribution < -0.4 is 11.1 Å². The number of aliphatic hydroxyl groups is 1. The van der Waals surface area contributed by atoms with Crippen molar-refractivity contribution in [2.24, 2.45) is 0 Å². The first-order valence-corrected chi connectivity index (χ1v) is 10.6. The second-order valence-corrected chi connectivity index (χ2v) is 8.44. The van der Waals surface area contributed by atoms with E-state index in [2.05, 4.69) is 10.1 Å². The minimum absolute atomic E-state index is 0.0316. The molecule has 2 aromatic heterocycles. The van der Waals surface area contributed by atoms with Crippen molar-refractivity contribution in [1.82, 2.24) is 19.9 Å². The van der Waals surface area contributed by atoms with E-state index in [1.807, 2.05) is 5.32 Å². The van der Waals surface area contributed by atoms with Gasteiger partial charge < -0.3 is 16.2 Å². The highest BCUT2D eigenvalue weighted by atomic mass is 35.5. The summed E-state index contributed by atoms with van der Waals surface area (Å²) < 4.78 is 70.4. The molecular weight excluding hydrogens is 483 g/mol. The summed E-state index contributed by atoms with van der Waals surface area (Å²) in [4.78, 5) is 17.0. The van der Waals surface area contributed by atoms with E-state index in [0.29, 0.717) is 0 Å². The number of hydrogen-bond acceptors (Lipinski definition) is 5. The van der Waals surface area contributed by atoms with Crippen LogP contribution in [0.3, 0.4) is 0 Å². The first-order chi connectivity index (χ1) is 17.6. The summed E-state index contributed by atoms with van der Waals surface area (Å²) in [5.74, 6) is -6.60. The van der Waals surface area contributed by atoms with Crippen LogP contribution in [0.5, 0.6) is 0 Å². The molecule has 4 rings (SSSR count). The monoisotopic (exact) mass is 506 g/mol. The van der Waals surface area contributed by atoms with E-state index < -0.39 is 47.8 Å². The average molecular weight is 507 g/mol. The molecule has 0 bridgehead atoms. The number of carbonyl (C=O) groups is 1. The van der Waals surface area contributed by atoms with E-state index in [1.54, 1.807) is 0 Å². The number of amides is 1. The maximum atomic E-state index is 15.7. The molecule has 4 aromatic rings. The number of nitrogens with one attached hydrogen (secondary N) is 1. The van der Waals surface area contributed by atoms with Crippen LogP contribution in [0.4, 0.5) is 19.1 Å². The summed E-state index contributed by atoms with van der Waals surface area (Å²) in [5.41, 5.74) is 1.35. The van der Waals surface area contributed by atoms with Crippen LogP contribution in [0.25, 0.3) is 16.8 Å². The summed E-state index contributed by atoms with van der Waals surface area (Å²) in [5, 5.41) is 16.6. The number of aryl methyl sites for hydroxylation is 1. The third-order valence-electron chi connectivity index (χ3n) is 5.62. The molecule has 1 amide bonds. The molecule has 4 N–H and O–H groups in total. The average Bonchev–Trinajstić information content (AvgIpc) is 3.21. The van der Waals surface area contributed by atoms with E-state index in [-0.39, 0.29) is 33.3 Å². The van der Waals surface area contributed by atoms with E-state index in [4.69, 9.17) is 21.4 Å². The Hall–Kier alpha value is -3.63. The van der Waals surface area contributed by atoms with Crippen molar-refractivity contribution in [3.8, 4) is 11.1 Å². The van der Waals surface area contributed by atoms with Crippen LogP contribution in [0, 0.1) is 12.7 Å². The molecule has 0 aliphatic heterocycles. The van der Waals surface area contributed by atoms with Crippen molar-refractivity contribution in [2.45, 2.75) is 25.3 Å². The summed E-state index contributed by atoms with van der Waals surface area (Å²) in [7, 11) is 0. The number of rotatable bonds is 6. The molecule has 0 fully saturated rings. The van der Waals surface area contributed by atoms with Crippen LogP contribution >= 0.6 is 11.6 Å². The molecule has 2 heterocycles. The Balaban J connectivity index is 1.69. The van der Waals surface area contributed by atoms with Crippen molar-refractivity contribution in [2.75, 3.05) is 12.3 Å². The van der Waals surface area contributed by atoms with E-state index in [1.165, 1.54) is 53.2 Å². The van der Waals surface area contributed by atoms with Gasteiger partial charge in [-0.15, -0.1) is 5.10 Å². The maximum Gasteiger partial charge on any atom is 0.296 e. The van der Waals surface area contributed by atoms with Gasteiger partial charge in [0, 0.05) is 20.9 Å². The predicted octanol–water partition coefficient (Wildman–Crippen LogP) is 4.35. The summed E-state index contributed by atoms with van der Waals surface area (Å²) >= 11 is 5.78. The smallest absolute Gasteiger partial charge is 0.296 e. The normalized spacial score (nSPS) is 15.2. The van der Waals surface area contributed by atoms with Gasteiger partial charge in [0.2, 0.25) is 5.95 Å². The summed E-state index contributed by atoms with van der Waals surface area (Å²) in [6.45, 7) is -3.50. The number of carbonyl (C=O) groups excluding carboxylic acids is 1. The fourth-order valence-corrected chi connectivity index (χ4v) is 3.65. The summed E-state index contributed by atoms with van der Waals surface area (Å²) in [6.07, 6.45) is 1.43. The standard InChI is InChI=1S/C24H21ClF3N5O2/c1-13-3-8-17(14-9-10-33-18(11-14)31-22(29)32-33)20(26)19(13)21(34)30-12-24(27,28)23(2,35)15-4-6-16(25)7-5-15/h3-11,35H,12H2,1-2H3,(H2,29,32)(H,30,34)/i1D3. The van der Waals surface area contributed by atoms with Gasteiger partial charge in [0.1, 0.15) is 5.82 Å². The van der Waals surface area contributed by atoms with E-state index >= 15 is 13.2 Å². The summed E-state index contributed by atoms with van der Waals surface area (Å²) in [6, 6.07) is 10.1. The molecule has 0 saturated carbocycles. The fraction of sp³-hybridized carbons (Fsp3) is 0.208. The molecule has 35 heavy (non-hydrogen) atoms. The van der Waals surface area contributed by atoms with Gasteiger partial charge in [-0.3, -0.25) is 4.79 Å². The van der Waals surface area contributed by atoms with Gasteiger partial charge in [0.25, 0.3) is 11.8 Å². The lowest BCUT2D eigenvalue weighted by Gasteiger charge is -2.33. The number of nitrogens with zero attached hydrogens (tertiary/aromatic N) is 3. The van der Waals surface area contributed by atoms with Gasteiger partial charge in [-0.25, -0.2) is 17.7 Å². The van der Waals surface area contributed by atoms with Crippen molar-refractivity contribution < 1.29 is 27.2 Å². The third kappa shape index (κ3) is 4.54. The zero-order valence-corrected chi connectivity index (χ0v) is 18.9. The second-order valence-electron chi connectivity index (χ2n) is 8.00. The van der Waals surface area contributed by atoms with Crippen LogP contribution in [-0.4, -0.2) is 38.1 Å². The van der Waals surface area contributed by atoms with Crippen LogP contribution in [0.1, 0.15) is 32.5 Å². The highest BCUT2D eigenvalue weighted by molar-refractivity contribution is 6.30. The number of benzene rings is 2. The Kier molecular flexibility index (Phi) is 5.25. The van der Waals surface area contributed by atoms with E-state index in [0.717, 1.165) is 13.0 Å². The molecule has 0 radical (unpaired) electrons. The van der Waals surface area contributed by atoms with Gasteiger partial charge in [-0.05, 0) is 54.7 Å². The number of fused-ring (bicyclic) bond motifs is 1. The number of anilines is 1. The molecule has 0 aliphatic rings. The second kappa shape index (κ2) is 8.86. The molecule has 1 unspecified atom stereocenters. The van der Waals surface area contributed by atoms with Crippen molar-refractivity contribution in [3.05, 3.63) is 82.3 Å². The lowest BCUT2D eigenvalue weighted by Crippen LogP contribution is -2.50. The highest BCUT2D eigenvalue weighted by Gasteiger charge is 2.50. The molecule has 0 spiro atoms. The zero-order chi connectivity index (χ0) is 28.0. The number of halogens is 4. The topological polar surface area (TPSA) is 106 Å². The number of alkyl halides is 2. The van der Waals surface area contributed by atoms with Gasteiger partial charge in [0.15, 0.2) is 11.2 Å². The molecule has 2 aromatic carbocycles. The third-order valence-corrected chi connectivity index (χ3v) is 5.88. The Morgan fingerprint density at radius 2 is 1.97 bits per heavy atom. The predicted molar refractivity (Wildman–Crippen MR) is 126 cm³/mol. The molecular formula is C24H21ClF3N5O2. The number of hydrogen-bond donors (Lipinski definition) is 3. The lowest BCUT2D eigenvalue weighted by molar-refractivity contribution is -0.173. The molecule has 7 nitrogen and oxygen atoms in total. The molecule has 0 aliphatic carbocycles. The number of aromatic nitrogens is 3. The zero-order valence-electron chi connectivity index (χ0n) is 21.2. The molecule has 182 valence electrons. The Morgan fingerprint density at radius 3 is 2.66 bits per heavy atom. The fourth-order valence-electron chi connectivity index (χ4n) is 3.52. The number of pyridine rings is 1. The quantitative estimate of drug-likeness (QED) is 0.360. The lowest BCUT2D eigenvalue weighted by atomic mass is 9.89. The van der Waals surface area contributed by atoms with Crippen molar-refractivity contribution in [3.63, 3.8) is 0 Å². The SMILES string of the molecule is [2H]C([2H])([2H])c1ccc(-c2ccn3nc(N)nc3c2)c(F)c1C(=O)NCC(F)(F)C(C)(O)c1ccc(Cl)cc1. The van der Waals surface area contributed by atoms with Crippen LogP contribution in [0.2, 0.25) is 5.02 Å². The van der Waals surface area contributed by atoms with Crippen molar-refractivity contribution >= 4 is 29.1 Å². The van der Waals surface area contributed by atoms with Crippen LogP contribution in [-0.2, 0) is 5.60 Å². The van der Waals surface area contributed by atoms with Crippen LogP contribution in [0.15, 0.2) is 54.7 Å². The van der Waals surface area contributed by atoms with Gasteiger partial charge >= 0.3 is 0 Å². The van der Waals surface area contributed by atoms with Gasteiger partial charge in [-0.2, -0.15) is 4.98 Å². The van der Waals surface area contributed by atoms with E-state index in [9.17, 15) is 9.90 Å². The minimum Gasteiger partial charge on any atom is -0.379 e. The Morgan fingerprint density at radius 1 is 1.26 bits per heavy atom. The highest BCUT2D eigenvalue weighted by Crippen LogP contribution is 2.37. The van der Waals surface area contributed by atoms with Gasteiger partial charge in [-0.1, -0.05) is 35.9 Å². The van der Waals surface area contributed by atoms with Crippen molar-refractivity contribution in [1.29, 1.82) is 0 Å². The van der Waals surface area contributed by atoms with Gasteiger partial charge in [0.05, 0.1) is 12.1 Å². The number of nitrogen functional groups attached to an aromatic ring is 1. The Bertz CT molecular complexity index is 1530. The molecule has 1 atom stereocenters. The first-order valence-electron chi connectivity index (χ1n) is 11.7. The maximum absolute atomic E-state index is 15.7. The molecule has 11 heteroatoms.